The normalized spacial score (nSPS) is 22.7. The van der Waals surface area contributed by atoms with Gasteiger partial charge >= 0.3 is 0 Å². The lowest BCUT2D eigenvalue weighted by molar-refractivity contribution is 0.0428. The van der Waals surface area contributed by atoms with E-state index in [1.807, 2.05) is 19.1 Å². The molecule has 8 rings (SSSR count). The maximum Gasteiger partial charge on any atom is 0.298 e. The van der Waals surface area contributed by atoms with Crippen LogP contribution in [0.1, 0.15) is 55.2 Å². The van der Waals surface area contributed by atoms with Crippen molar-refractivity contribution in [1.29, 1.82) is 0 Å². The molecule has 2 bridgehead atoms. The Morgan fingerprint density at radius 2 is 1.62 bits per heavy atom. The summed E-state index contributed by atoms with van der Waals surface area (Å²) in [5.41, 5.74) is 3.42. The Bertz CT molecular complexity index is 1720. The van der Waals surface area contributed by atoms with Gasteiger partial charge in [0.25, 0.3) is 5.92 Å². The first kappa shape index (κ1) is 29.2. The summed E-state index contributed by atoms with van der Waals surface area (Å²) in [5.74, 6) is -2.30. The Kier molecular flexibility index (Phi) is 7.31. The maximum absolute atomic E-state index is 15.7. The molecule has 1 N–H and O–H groups in total. The molecule has 4 saturated heterocycles. The van der Waals surface area contributed by atoms with Crippen molar-refractivity contribution in [2.24, 2.45) is 0 Å². The van der Waals surface area contributed by atoms with Crippen molar-refractivity contribution in [2.45, 2.75) is 69.0 Å². The molecule has 45 heavy (non-hydrogen) atoms. The fourth-order valence-corrected chi connectivity index (χ4v) is 8.86. The van der Waals surface area contributed by atoms with Gasteiger partial charge in [0.15, 0.2) is 0 Å². The van der Waals surface area contributed by atoms with Crippen LogP contribution in [0.4, 0.5) is 14.5 Å². The lowest BCUT2D eigenvalue weighted by Gasteiger charge is -2.36. The Labute approximate surface area is 269 Å². The summed E-state index contributed by atoms with van der Waals surface area (Å²) in [7, 11) is 0. The van der Waals surface area contributed by atoms with Crippen LogP contribution in [-0.2, 0) is 5.92 Å². The van der Waals surface area contributed by atoms with E-state index in [9.17, 15) is 0 Å². The molecule has 0 radical (unpaired) electrons. The molecule has 234 valence electrons. The lowest BCUT2D eigenvalue weighted by atomic mass is 9.93. The van der Waals surface area contributed by atoms with E-state index in [1.54, 1.807) is 30.3 Å². The van der Waals surface area contributed by atoms with Gasteiger partial charge in [0.1, 0.15) is 12.4 Å². The highest BCUT2D eigenvalue weighted by Gasteiger charge is 2.45. The first-order valence-corrected chi connectivity index (χ1v) is 16.9. The highest BCUT2D eigenvalue weighted by Crippen LogP contribution is 2.45. The van der Waals surface area contributed by atoms with Crippen molar-refractivity contribution in [3.8, 4) is 16.9 Å². The van der Waals surface area contributed by atoms with Gasteiger partial charge in [-0.05, 0) is 82.3 Å². The zero-order valence-electron chi connectivity index (χ0n) is 25.8. The molecule has 0 aliphatic carbocycles. The monoisotopic (exact) mass is 627 g/mol. The lowest BCUT2D eigenvalue weighted by Crippen LogP contribution is -2.51. The molecule has 4 aliphatic heterocycles. The highest BCUT2D eigenvalue weighted by atomic mass is 35.5. The Morgan fingerprint density at radius 3 is 2.36 bits per heavy atom. The van der Waals surface area contributed by atoms with Crippen molar-refractivity contribution >= 4 is 28.1 Å². The highest BCUT2D eigenvalue weighted by molar-refractivity contribution is 6.38. The van der Waals surface area contributed by atoms with Gasteiger partial charge in [0.05, 0.1) is 10.6 Å². The van der Waals surface area contributed by atoms with E-state index in [0.717, 1.165) is 59.5 Å². The van der Waals surface area contributed by atoms with Crippen LogP contribution in [0.25, 0.3) is 21.9 Å². The summed E-state index contributed by atoms with van der Waals surface area (Å²) < 4.78 is 38.2. The van der Waals surface area contributed by atoms with E-state index in [1.165, 1.54) is 50.7 Å². The van der Waals surface area contributed by atoms with E-state index in [4.69, 9.17) is 16.3 Å². The number of ether oxygens (including phenoxy) is 1. The molecule has 0 aromatic heterocycles. The number of piperazine rings is 1. The summed E-state index contributed by atoms with van der Waals surface area (Å²) in [6.45, 7) is 6.75. The van der Waals surface area contributed by atoms with Crippen LogP contribution in [0.5, 0.6) is 5.75 Å². The number of halogens is 3. The van der Waals surface area contributed by atoms with Crippen LogP contribution < -0.4 is 15.0 Å². The summed E-state index contributed by atoms with van der Waals surface area (Å²) >= 11 is 7.30. The van der Waals surface area contributed by atoms with Gasteiger partial charge in [0.2, 0.25) is 0 Å². The molecule has 2 unspecified atom stereocenters. The van der Waals surface area contributed by atoms with Gasteiger partial charge in [-0.15, -0.1) is 0 Å². The number of aryl methyl sites for hydroxylation is 1. The number of hydrogen-bond acceptors (Lipinski definition) is 4. The van der Waals surface area contributed by atoms with Gasteiger partial charge in [0, 0.05) is 64.4 Å². The first-order chi connectivity index (χ1) is 21.8. The second-order valence-electron chi connectivity index (χ2n) is 13.7. The van der Waals surface area contributed by atoms with Crippen LogP contribution in [0, 0.1) is 6.92 Å². The van der Waals surface area contributed by atoms with Gasteiger partial charge < -0.3 is 15.0 Å². The zero-order valence-corrected chi connectivity index (χ0v) is 26.6. The number of nitrogens with one attached hydrogen (secondary N) is 1. The third kappa shape index (κ3) is 5.19. The minimum Gasteiger partial charge on any atom is -0.492 e. The topological polar surface area (TPSA) is 27.7 Å². The second-order valence-corrected chi connectivity index (χ2v) is 14.1. The number of fused-ring (bicyclic) bond motifs is 4. The number of anilines is 1. The number of nitrogens with zero attached hydrogens (tertiary/aromatic N) is 2. The van der Waals surface area contributed by atoms with Crippen molar-refractivity contribution in [2.75, 3.05) is 37.7 Å². The van der Waals surface area contributed by atoms with Crippen molar-refractivity contribution in [1.82, 2.24) is 10.2 Å². The average molecular weight is 628 g/mol. The molecule has 4 aromatic rings. The molecule has 4 nitrogen and oxygen atoms in total. The van der Waals surface area contributed by atoms with E-state index in [0.29, 0.717) is 29.3 Å². The molecular formula is C38H40ClF2N3O. The van der Waals surface area contributed by atoms with Gasteiger partial charge in [-0.1, -0.05) is 65.7 Å². The van der Waals surface area contributed by atoms with Gasteiger partial charge in [-0.3, -0.25) is 4.90 Å². The first-order valence-electron chi connectivity index (χ1n) is 16.5. The molecular weight excluding hydrogens is 588 g/mol. The molecule has 7 heteroatoms. The van der Waals surface area contributed by atoms with Gasteiger partial charge in [-0.2, -0.15) is 8.78 Å². The number of alkyl halides is 2. The van der Waals surface area contributed by atoms with Crippen LogP contribution in [0.2, 0.25) is 5.02 Å². The largest absolute Gasteiger partial charge is 0.492 e. The van der Waals surface area contributed by atoms with E-state index >= 15 is 8.78 Å². The fourth-order valence-electron chi connectivity index (χ4n) is 8.53. The third-order valence-corrected chi connectivity index (χ3v) is 11.2. The molecule has 4 heterocycles. The Balaban J connectivity index is 1.21. The maximum atomic E-state index is 15.7. The smallest absolute Gasteiger partial charge is 0.298 e. The molecule has 4 fully saturated rings. The number of hydrogen-bond donors (Lipinski definition) is 1. The third-order valence-electron chi connectivity index (χ3n) is 10.8. The van der Waals surface area contributed by atoms with Crippen molar-refractivity contribution in [3.05, 3.63) is 94.5 Å². The van der Waals surface area contributed by atoms with E-state index in [2.05, 4.69) is 33.3 Å². The van der Waals surface area contributed by atoms with E-state index < -0.39 is 5.92 Å². The predicted octanol–water partition coefficient (Wildman–Crippen LogP) is 8.56. The number of rotatable bonds is 7. The van der Waals surface area contributed by atoms with Crippen molar-refractivity contribution in [3.63, 3.8) is 0 Å². The second kappa shape index (κ2) is 11.3. The Hall–Kier alpha value is -3.19. The minimum absolute atomic E-state index is 0.0230. The molecule has 0 amide bonds. The SMILES string of the molecule is Cc1cc(-c2ccc3c(N4CC5CCC(C4)N5)cc(OCC45CCCN4CCC5)cc3c2Cl)cc(C(F)(F)c2ccccc2)c1. The average Bonchev–Trinajstić information content (AvgIpc) is 3.73. The molecule has 4 aliphatic rings. The molecule has 0 spiro atoms. The summed E-state index contributed by atoms with van der Waals surface area (Å²) in [4.78, 5) is 5.11. The van der Waals surface area contributed by atoms with Crippen LogP contribution >= 0.6 is 11.6 Å². The van der Waals surface area contributed by atoms with E-state index in [-0.39, 0.29) is 16.7 Å². The van der Waals surface area contributed by atoms with Crippen LogP contribution in [0.15, 0.2) is 72.8 Å². The quantitative estimate of drug-likeness (QED) is 0.222. The van der Waals surface area contributed by atoms with Gasteiger partial charge in [-0.25, -0.2) is 0 Å². The molecule has 0 saturated carbocycles. The molecule has 2 atom stereocenters. The van der Waals surface area contributed by atoms with Crippen LogP contribution in [-0.4, -0.2) is 55.3 Å². The standard InChI is InChI=1S/C38H40ClF2N3O/c1-25-17-26(19-28(18-25)38(40,41)27-7-3-2-4-8-27)32-11-12-33-34(36(32)39)20-31(45-24-37-13-5-15-44(37)16-6-14-37)21-35(33)43-22-29-9-10-30(23-43)42-29/h2-4,7-8,11-12,17-21,29-30,42H,5-6,9-10,13-16,22-24H2,1H3. The zero-order chi connectivity index (χ0) is 30.8. The van der Waals surface area contributed by atoms with Crippen LogP contribution in [0.3, 0.4) is 0 Å². The summed E-state index contributed by atoms with van der Waals surface area (Å²) in [6.07, 6.45) is 7.22. The minimum atomic E-state index is -3.13. The molecule has 4 aromatic carbocycles. The summed E-state index contributed by atoms with van der Waals surface area (Å²) in [5, 5.41) is 6.29. The number of benzene rings is 4. The Morgan fingerprint density at radius 1 is 0.889 bits per heavy atom. The fraction of sp³-hybridized carbons (Fsp3) is 0.421. The predicted molar refractivity (Wildman–Crippen MR) is 179 cm³/mol. The van der Waals surface area contributed by atoms with Crippen molar-refractivity contribution < 1.29 is 13.5 Å². The summed E-state index contributed by atoms with van der Waals surface area (Å²) in [6, 6.07) is 22.5.